The van der Waals surface area contributed by atoms with Gasteiger partial charge in [0.15, 0.2) is 0 Å². The predicted octanol–water partition coefficient (Wildman–Crippen LogP) is 3.41. The number of aromatic nitrogens is 2. The Bertz CT molecular complexity index is 857. The molecule has 0 spiro atoms. The van der Waals surface area contributed by atoms with E-state index in [-0.39, 0.29) is 11.8 Å². The average molecular weight is 328 g/mol. The maximum absolute atomic E-state index is 12.5. The Labute approximate surface area is 137 Å². The van der Waals surface area contributed by atoms with E-state index in [1.54, 1.807) is 6.07 Å². The van der Waals surface area contributed by atoms with Crippen LogP contribution >= 0.6 is 11.6 Å². The normalized spacial score (nSPS) is 16.7. The number of aromatic amines is 1. The predicted molar refractivity (Wildman–Crippen MR) is 88.9 cm³/mol. The Morgan fingerprint density at radius 1 is 1.30 bits per heavy atom. The standard InChI is InChI=1S/C17H14ClN3O2/c18-12-5-6-15-10(8-12)7-11(9-23-15)16(22)21-17-19-13-3-1-2-4-14(13)20-17/h1-6,8,11H,7,9H2,(H2,19,20,21,22). The molecule has 0 fully saturated rings. The molecule has 2 N–H and O–H groups in total. The second-order valence-electron chi connectivity index (χ2n) is 5.56. The van der Waals surface area contributed by atoms with E-state index in [0.29, 0.717) is 24.0 Å². The lowest BCUT2D eigenvalue weighted by atomic mass is 9.96. The maximum atomic E-state index is 12.5. The van der Waals surface area contributed by atoms with Crippen LogP contribution in [0, 0.1) is 5.92 Å². The first-order valence-electron chi connectivity index (χ1n) is 7.36. The lowest BCUT2D eigenvalue weighted by molar-refractivity contribution is -0.121. The van der Waals surface area contributed by atoms with E-state index in [9.17, 15) is 4.79 Å². The number of ether oxygens (including phenoxy) is 1. The molecule has 0 saturated heterocycles. The van der Waals surface area contributed by atoms with E-state index in [4.69, 9.17) is 16.3 Å². The highest BCUT2D eigenvalue weighted by molar-refractivity contribution is 6.30. The number of nitrogens with one attached hydrogen (secondary N) is 2. The van der Waals surface area contributed by atoms with Crippen molar-refractivity contribution in [2.45, 2.75) is 6.42 Å². The van der Waals surface area contributed by atoms with Gasteiger partial charge in [-0.15, -0.1) is 0 Å². The van der Waals surface area contributed by atoms with Crippen LogP contribution in [0.1, 0.15) is 5.56 Å². The number of H-pyrrole nitrogens is 1. The van der Waals surface area contributed by atoms with Crippen LogP contribution in [0.15, 0.2) is 42.5 Å². The van der Waals surface area contributed by atoms with Crippen LogP contribution in [0.4, 0.5) is 5.95 Å². The zero-order valence-corrected chi connectivity index (χ0v) is 12.9. The molecule has 1 amide bonds. The van der Waals surface area contributed by atoms with Crippen molar-refractivity contribution >= 4 is 34.5 Å². The highest BCUT2D eigenvalue weighted by Gasteiger charge is 2.26. The maximum Gasteiger partial charge on any atom is 0.233 e. The van der Waals surface area contributed by atoms with Crippen molar-refractivity contribution in [2.75, 3.05) is 11.9 Å². The smallest absolute Gasteiger partial charge is 0.233 e. The van der Waals surface area contributed by atoms with Crippen molar-refractivity contribution in [1.29, 1.82) is 0 Å². The minimum atomic E-state index is -0.269. The first kappa shape index (κ1) is 14.1. The highest BCUT2D eigenvalue weighted by atomic mass is 35.5. The van der Waals surface area contributed by atoms with Crippen molar-refractivity contribution in [3.05, 3.63) is 53.1 Å². The number of nitrogens with zero attached hydrogens (tertiary/aromatic N) is 1. The average Bonchev–Trinajstić information content (AvgIpc) is 2.96. The first-order valence-corrected chi connectivity index (χ1v) is 7.74. The van der Waals surface area contributed by atoms with Crippen LogP contribution in [0.25, 0.3) is 11.0 Å². The number of hydrogen-bond acceptors (Lipinski definition) is 3. The summed E-state index contributed by atoms with van der Waals surface area (Å²) in [6, 6.07) is 13.1. The lowest BCUT2D eigenvalue weighted by Gasteiger charge is -2.24. The van der Waals surface area contributed by atoms with Crippen molar-refractivity contribution in [2.24, 2.45) is 5.92 Å². The number of fused-ring (bicyclic) bond motifs is 2. The van der Waals surface area contributed by atoms with Gasteiger partial charge in [-0.05, 0) is 42.3 Å². The SMILES string of the molecule is O=C(Nc1nc2ccccc2[nH]1)C1COc2ccc(Cl)cc2C1. The van der Waals surface area contributed by atoms with Crippen LogP contribution < -0.4 is 10.1 Å². The number of amides is 1. The van der Waals surface area contributed by atoms with E-state index in [2.05, 4.69) is 15.3 Å². The summed E-state index contributed by atoms with van der Waals surface area (Å²) in [5.41, 5.74) is 2.66. The van der Waals surface area contributed by atoms with Crippen LogP contribution in [-0.4, -0.2) is 22.5 Å². The Hall–Kier alpha value is -2.53. The minimum absolute atomic E-state index is 0.116. The Morgan fingerprint density at radius 3 is 3.04 bits per heavy atom. The van der Waals surface area contributed by atoms with Gasteiger partial charge in [-0.2, -0.15) is 0 Å². The van der Waals surface area contributed by atoms with Gasteiger partial charge in [0.2, 0.25) is 11.9 Å². The Morgan fingerprint density at radius 2 is 2.17 bits per heavy atom. The molecule has 1 unspecified atom stereocenters. The molecule has 116 valence electrons. The van der Waals surface area contributed by atoms with E-state index < -0.39 is 0 Å². The third-order valence-electron chi connectivity index (χ3n) is 3.93. The van der Waals surface area contributed by atoms with Gasteiger partial charge in [-0.25, -0.2) is 4.98 Å². The molecular weight excluding hydrogens is 314 g/mol. The number of benzene rings is 2. The van der Waals surface area contributed by atoms with Gasteiger partial charge in [-0.1, -0.05) is 23.7 Å². The second kappa shape index (κ2) is 5.59. The van der Waals surface area contributed by atoms with Crippen LogP contribution in [0.2, 0.25) is 5.02 Å². The summed E-state index contributed by atoms with van der Waals surface area (Å²) in [6.07, 6.45) is 0.599. The van der Waals surface area contributed by atoms with Gasteiger partial charge in [0, 0.05) is 5.02 Å². The Kier molecular flexibility index (Phi) is 3.42. The molecule has 23 heavy (non-hydrogen) atoms. The summed E-state index contributed by atoms with van der Waals surface area (Å²) in [5, 5.41) is 3.47. The summed E-state index contributed by atoms with van der Waals surface area (Å²) in [7, 11) is 0. The number of carbonyl (C=O) groups is 1. The van der Waals surface area contributed by atoms with Crippen molar-refractivity contribution in [1.82, 2.24) is 9.97 Å². The fourth-order valence-corrected chi connectivity index (χ4v) is 2.96. The number of rotatable bonds is 2. The zero-order chi connectivity index (χ0) is 15.8. The quantitative estimate of drug-likeness (QED) is 0.758. The van der Waals surface area contributed by atoms with Crippen LogP contribution in [0.3, 0.4) is 0 Å². The van der Waals surface area contributed by atoms with Gasteiger partial charge in [0.05, 0.1) is 17.0 Å². The van der Waals surface area contributed by atoms with E-state index >= 15 is 0 Å². The van der Waals surface area contributed by atoms with Gasteiger partial charge >= 0.3 is 0 Å². The molecule has 0 saturated carbocycles. The third kappa shape index (κ3) is 2.75. The summed E-state index contributed by atoms with van der Waals surface area (Å²) in [4.78, 5) is 19.9. The van der Waals surface area contributed by atoms with Gasteiger partial charge in [0.25, 0.3) is 0 Å². The molecule has 3 aromatic rings. The molecule has 1 aliphatic rings. The molecule has 0 bridgehead atoms. The largest absolute Gasteiger partial charge is 0.492 e. The van der Waals surface area contributed by atoms with Crippen molar-refractivity contribution < 1.29 is 9.53 Å². The summed E-state index contributed by atoms with van der Waals surface area (Å²) < 4.78 is 5.66. The molecule has 4 rings (SSSR count). The number of para-hydroxylation sites is 2. The molecule has 1 aliphatic heterocycles. The molecule has 0 aliphatic carbocycles. The zero-order valence-electron chi connectivity index (χ0n) is 12.2. The minimum Gasteiger partial charge on any atom is -0.492 e. The highest BCUT2D eigenvalue weighted by Crippen LogP contribution is 2.30. The molecule has 0 radical (unpaired) electrons. The van der Waals surface area contributed by atoms with Crippen molar-refractivity contribution in [3.63, 3.8) is 0 Å². The second-order valence-corrected chi connectivity index (χ2v) is 5.99. The van der Waals surface area contributed by atoms with Crippen LogP contribution in [0.5, 0.6) is 5.75 Å². The molecular formula is C17H14ClN3O2. The van der Waals surface area contributed by atoms with E-state index in [1.807, 2.05) is 36.4 Å². The Balaban J connectivity index is 1.51. The van der Waals surface area contributed by atoms with Crippen molar-refractivity contribution in [3.8, 4) is 5.75 Å². The molecule has 5 nitrogen and oxygen atoms in total. The van der Waals surface area contributed by atoms with Gasteiger partial charge < -0.3 is 9.72 Å². The monoisotopic (exact) mass is 327 g/mol. The summed E-state index contributed by atoms with van der Waals surface area (Å²) >= 11 is 6.01. The lowest BCUT2D eigenvalue weighted by Crippen LogP contribution is -2.32. The number of hydrogen-bond donors (Lipinski definition) is 2. The number of anilines is 1. The molecule has 2 aromatic carbocycles. The molecule has 2 heterocycles. The number of imidazole rings is 1. The summed E-state index contributed by atoms with van der Waals surface area (Å²) in [5.74, 6) is 0.860. The van der Waals surface area contributed by atoms with Crippen LogP contribution in [-0.2, 0) is 11.2 Å². The topological polar surface area (TPSA) is 67.0 Å². The molecule has 1 atom stereocenters. The fraction of sp³-hybridized carbons (Fsp3) is 0.176. The van der Waals surface area contributed by atoms with Gasteiger partial charge in [-0.3, -0.25) is 10.1 Å². The van der Waals surface area contributed by atoms with E-state index in [0.717, 1.165) is 22.3 Å². The number of halogens is 1. The first-order chi connectivity index (χ1) is 11.2. The molecule has 6 heteroatoms. The van der Waals surface area contributed by atoms with E-state index in [1.165, 1.54) is 0 Å². The third-order valence-corrected chi connectivity index (χ3v) is 4.17. The fourth-order valence-electron chi connectivity index (χ4n) is 2.76. The summed E-state index contributed by atoms with van der Waals surface area (Å²) in [6.45, 7) is 0.348. The molecule has 1 aromatic heterocycles. The van der Waals surface area contributed by atoms with Gasteiger partial charge in [0.1, 0.15) is 12.4 Å². The number of carbonyl (C=O) groups excluding carboxylic acids is 1.